The highest BCUT2D eigenvalue weighted by atomic mass is 32.1. The van der Waals surface area contributed by atoms with Crippen molar-refractivity contribution in [1.82, 2.24) is 9.36 Å². The molecule has 2 aromatic heterocycles. The summed E-state index contributed by atoms with van der Waals surface area (Å²) in [7, 11) is 0. The van der Waals surface area contributed by atoms with E-state index in [4.69, 9.17) is 5.73 Å². The second-order valence-electron chi connectivity index (χ2n) is 5.17. The van der Waals surface area contributed by atoms with Crippen LogP contribution in [0.15, 0.2) is 5.38 Å². The summed E-state index contributed by atoms with van der Waals surface area (Å²) in [6.45, 7) is 6.54. The lowest BCUT2D eigenvalue weighted by Crippen LogP contribution is -2.32. The van der Waals surface area contributed by atoms with Crippen molar-refractivity contribution in [2.75, 3.05) is 23.7 Å². The van der Waals surface area contributed by atoms with Gasteiger partial charge in [0.25, 0.3) is 0 Å². The quantitative estimate of drug-likeness (QED) is 0.922. The number of anilines is 2. The Hall–Kier alpha value is -1.14. The highest BCUT2D eigenvalue weighted by Gasteiger charge is 2.24. The number of nitrogen functional groups attached to an aromatic ring is 1. The number of piperidine rings is 1. The van der Waals surface area contributed by atoms with Crippen molar-refractivity contribution in [2.45, 2.75) is 26.7 Å². The molecule has 0 bridgehead atoms. The maximum atomic E-state index is 6.05. The Kier molecular flexibility index (Phi) is 3.45. The molecule has 1 saturated heterocycles. The molecule has 0 radical (unpaired) electrons. The zero-order valence-corrected chi connectivity index (χ0v) is 12.9. The predicted octanol–water partition coefficient (Wildman–Crippen LogP) is 3.39. The fourth-order valence-electron chi connectivity index (χ4n) is 2.44. The average molecular weight is 294 g/mol. The number of thiazole rings is 1. The van der Waals surface area contributed by atoms with E-state index in [0.29, 0.717) is 5.82 Å². The number of hydrogen-bond acceptors (Lipinski definition) is 6. The topological polar surface area (TPSA) is 55.0 Å². The van der Waals surface area contributed by atoms with Gasteiger partial charge in [0.1, 0.15) is 10.8 Å². The SMILES string of the molecule is Cc1nc(-c2c(N)nsc2N2CCC(C)CC2)cs1. The Labute approximate surface area is 121 Å². The van der Waals surface area contributed by atoms with Gasteiger partial charge in [0.15, 0.2) is 0 Å². The second-order valence-corrected chi connectivity index (χ2v) is 6.98. The molecule has 1 aliphatic heterocycles. The first-order valence-electron chi connectivity index (χ1n) is 6.57. The van der Waals surface area contributed by atoms with Gasteiger partial charge in [0, 0.05) is 18.5 Å². The predicted molar refractivity (Wildman–Crippen MR) is 83.0 cm³/mol. The number of aromatic nitrogens is 2. The lowest BCUT2D eigenvalue weighted by atomic mass is 9.99. The summed E-state index contributed by atoms with van der Waals surface area (Å²) < 4.78 is 4.34. The minimum absolute atomic E-state index is 0.615. The molecular weight excluding hydrogens is 276 g/mol. The molecule has 1 aliphatic rings. The number of nitrogens with two attached hydrogens (primary N) is 1. The van der Waals surface area contributed by atoms with Crippen LogP contribution in [0.4, 0.5) is 10.8 Å². The normalized spacial score (nSPS) is 17.1. The van der Waals surface area contributed by atoms with Crippen LogP contribution in [0.25, 0.3) is 11.3 Å². The summed E-state index contributed by atoms with van der Waals surface area (Å²) in [4.78, 5) is 6.98. The first kappa shape index (κ1) is 12.9. The molecule has 0 amide bonds. The van der Waals surface area contributed by atoms with Gasteiger partial charge in [-0.1, -0.05) is 6.92 Å². The van der Waals surface area contributed by atoms with Crippen LogP contribution in [-0.4, -0.2) is 22.4 Å². The minimum atomic E-state index is 0.615. The average Bonchev–Trinajstić information content (AvgIpc) is 2.96. The van der Waals surface area contributed by atoms with Crippen LogP contribution in [0.5, 0.6) is 0 Å². The summed E-state index contributed by atoms with van der Waals surface area (Å²) in [5, 5.41) is 4.33. The minimum Gasteiger partial charge on any atom is -0.382 e. The molecule has 2 N–H and O–H groups in total. The molecule has 102 valence electrons. The summed E-state index contributed by atoms with van der Waals surface area (Å²) in [6.07, 6.45) is 2.49. The van der Waals surface area contributed by atoms with Crippen molar-refractivity contribution in [3.8, 4) is 11.3 Å². The van der Waals surface area contributed by atoms with E-state index in [9.17, 15) is 0 Å². The van der Waals surface area contributed by atoms with Gasteiger partial charge in [-0.25, -0.2) is 4.98 Å². The van der Waals surface area contributed by atoms with E-state index < -0.39 is 0 Å². The highest BCUT2D eigenvalue weighted by Crippen LogP contribution is 2.40. The molecule has 19 heavy (non-hydrogen) atoms. The lowest BCUT2D eigenvalue weighted by Gasteiger charge is -2.31. The van der Waals surface area contributed by atoms with E-state index in [0.717, 1.165) is 35.3 Å². The van der Waals surface area contributed by atoms with Crippen LogP contribution in [-0.2, 0) is 0 Å². The lowest BCUT2D eigenvalue weighted by molar-refractivity contribution is 0.440. The molecule has 0 aromatic carbocycles. The van der Waals surface area contributed by atoms with E-state index in [1.807, 2.05) is 6.92 Å². The molecule has 0 aliphatic carbocycles. The Morgan fingerprint density at radius 1 is 1.37 bits per heavy atom. The highest BCUT2D eigenvalue weighted by molar-refractivity contribution is 7.11. The number of rotatable bonds is 2. The van der Waals surface area contributed by atoms with Gasteiger partial charge in [-0.2, -0.15) is 4.37 Å². The zero-order chi connectivity index (χ0) is 13.4. The third kappa shape index (κ3) is 2.47. The van der Waals surface area contributed by atoms with Gasteiger partial charge < -0.3 is 10.6 Å². The number of hydrogen-bond donors (Lipinski definition) is 1. The smallest absolute Gasteiger partial charge is 0.148 e. The van der Waals surface area contributed by atoms with E-state index >= 15 is 0 Å². The summed E-state index contributed by atoms with van der Waals surface area (Å²) in [6, 6.07) is 0. The maximum absolute atomic E-state index is 6.05. The van der Waals surface area contributed by atoms with Gasteiger partial charge >= 0.3 is 0 Å². The monoisotopic (exact) mass is 294 g/mol. The Morgan fingerprint density at radius 2 is 2.11 bits per heavy atom. The molecule has 2 aromatic rings. The van der Waals surface area contributed by atoms with E-state index in [1.54, 1.807) is 11.3 Å². The van der Waals surface area contributed by atoms with Gasteiger partial charge in [0.2, 0.25) is 0 Å². The first-order chi connectivity index (χ1) is 9.15. The third-order valence-electron chi connectivity index (χ3n) is 3.65. The van der Waals surface area contributed by atoms with Gasteiger partial charge in [-0.15, -0.1) is 11.3 Å². The molecule has 4 nitrogen and oxygen atoms in total. The van der Waals surface area contributed by atoms with E-state index in [-0.39, 0.29) is 0 Å². The number of nitrogens with zero attached hydrogens (tertiary/aromatic N) is 3. The van der Waals surface area contributed by atoms with Crippen molar-refractivity contribution in [3.63, 3.8) is 0 Å². The molecule has 3 rings (SSSR count). The molecule has 3 heterocycles. The largest absolute Gasteiger partial charge is 0.382 e. The summed E-state index contributed by atoms with van der Waals surface area (Å²) in [5.74, 6) is 1.44. The maximum Gasteiger partial charge on any atom is 0.148 e. The Morgan fingerprint density at radius 3 is 2.74 bits per heavy atom. The van der Waals surface area contributed by atoms with Crippen LogP contribution in [0.2, 0.25) is 0 Å². The van der Waals surface area contributed by atoms with E-state index in [2.05, 4.69) is 26.6 Å². The molecule has 6 heteroatoms. The van der Waals surface area contributed by atoms with E-state index in [1.165, 1.54) is 29.4 Å². The van der Waals surface area contributed by atoms with Crippen LogP contribution in [0.3, 0.4) is 0 Å². The standard InChI is InChI=1S/C13H18N4S2/c1-8-3-5-17(6-4-8)13-11(12(14)16-19-13)10-7-18-9(2)15-10/h7-8H,3-6H2,1-2H3,(H2,14,16). The second kappa shape index (κ2) is 5.09. The van der Waals surface area contributed by atoms with Gasteiger partial charge in [0.05, 0.1) is 16.3 Å². The zero-order valence-electron chi connectivity index (χ0n) is 11.2. The van der Waals surface area contributed by atoms with Crippen molar-refractivity contribution in [2.24, 2.45) is 5.92 Å². The molecule has 0 spiro atoms. The van der Waals surface area contributed by atoms with Crippen molar-refractivity contribution >= 4 is 33.7 Å². The van der Waals surface area contributed by atoms with Gasteiger partial charge in [-0.3, -0.25) is 0 Å². The third-order valence-corrected chi connectivity index (χ3v) is 5.34. The number of aryl methyl sites for hydroxylation is 1. The van der Waals surface area contributed by atoms with Crippen LogP contribution >= 0.6 is 22.9 Å². The molecule has 0 unspecified atom stereocenters. The van der Waals surface area contributed by atoms with Crippen LogP contribution in [0, 0.1) is 12.8 Å². The fourth-order valence-corrected chi connectivity index (χ4v) is 3.92. The van der Waals surface area contributed by atoms with Crippen molar-refractivity contribution in [1.29, 1.82) is 0 Å². The Bertz CT molecular complexity index is 567. The van der Waals surface area contributed by atoms with Gasteiger partial charge in [-0.05, 0) is 37.2 Å². The molecular formula is C13H18N4S2. The van der Waals surface area contributed by atoms with Crippen molar-refractivity contribution < 1.29 is 0 Å². The summed E-state index contributed by atoms with van der Waals surface area (Å²) >= 11 is 3.16. The molecule has 1 fully saturated rings. The summed E-state index contributed by atoms with van der Waals surface area (Å²) in [5.41, 5.74) is 8.06. The molecule has 0 saturated carbocycles. The fraction of sp³-hybridized carbons (Fsp3) is 0.538. The van der Waals surface area contributed by atoms with Crippen molar-refractivity contribution in [3.05, 3.63) is 10.4 Å². The molecule has 0 atom stereocenters. The van der Waals surface area contributed by atoms with Crippen LogP contribution in [0.1, 0.15) is 24.8 Å². The Balaban J connectivity index is 1.94. The van der Waals surface area contributed by atoms with Crippen LogP contribution < -0.4 is 10.6 Å². The first-order valence-corrected chi connectivity index (χ1v) is 8.23.